The molecular weight excluding hydrogens is 490 g/mol. The molecule has 35 heavy (non-hydrogen) atoms. The number of nitrogens with one attached hydrogen (secondary N) is 1. The summed E-state index contributed by atoms with van der Waals surface area (Å²) in [5.41, 5.74) is -0.235. The van der Waals surface area contributed by atoms with E-state index in [2.05, 4.69) is 15.3 Å². The molecule has 188 valence electrons. The van der Waals surface area contributed by atoms with Crippen molar-refractivity contribution in [2.75, 3.05) is 36.5 Å². The summed E-state index contributed by atoms with van der Waals surface area (Å²) in [4.78, 5) is 24.1. The predicted molar refractivity (Wildman–Crippen MR) is 123 cm³/mol. The molecule has 13 heteroatoms. The van der Waals surface area contributed by atoms with Crippen LogP contribution in [0.4, 0.5) is 33.3 Å². The van der Waals surface area contributed by atoms with Crippen LogP contribution in [0.1, 0.15) is 18.1 Å². The molecule has 0 saturated carbocycles. The van der Waals surface area contributed by atoms with Gasteiger partial charge in [-0.3, -0.25) is 5.32 Å². The van der Waals surface area contributed by atoms with Crippen LogP contribution in [0.25, 0.3) is 10.2 Å². The summed E-state index contributed by atoms with van der Waals surface area (Å²) < 4.78 is 55.3. The van der Waals surface area contributed by atoms with Gasteiger partial charge < -0.3 is 20.0 Å². The predicted octanol–water partition coefficient (Wildman–Crippen LogP) is 3.49. The average Bonchev–Trinajstić information content (AvgIpc) is 3.19. The first-order chi connectivity index (χ1) is 16.5. The number of halogens is 4. The van der Waals surface area contributed by atoms with Crippen molar-refractivity contribution in [1.29, 1.82) is 0 Å². The zero-order valence-corrected chi connectivity index (χ0v) is 19.4. The number of thiazole rings is 1. The van der Waals surface area contributed by atoms with Crippen LogP contribution in [0.15, 0.2) is 30.5 Å². The molecule has 1 fully saturated rings. The van der Waals surface area contributed by atoms with E-state index < -0.39 is 42.3 Å². The highest BCUT2D eigenvalue weighted by molar-refractivity contribution is 7.22. The Bertz CT molecular complexity index is 1220. The number of rotatable bonds is 5. The van der Waals surface area contributed by atoms with E-state index in [1.807, 2.05) is 0 Å². The Morgan fingerprint density at radius 2 is 2.09 bits per heavy atom. The maximum Gasteiger partial charge on any atom is 0.419 e. The van der Waals surface area contributed by atoms with Crippen LogP contribution in [0.2, 0.25) is 0 Å². The minimum atomic E-state index is -4.67. The van der Waals surface area contributed by atoms with E-state index in [0.717, 1.165) is 17.4 Å². The number of urea groups is 1. The average molecular weight is 514 g/mol. The van der Waals surface area contributed by atoms with Gasteiger partial charge in [0.15, 0.2) is 5.13 Å². The molecule has 1 aliphatic heterocycles. The Morgan fingerprint density at radius 1 is 1.31 bits per heavy atom. The number of aromatic nitrogens is 2. The zero-order valence-electron chi connectivity index (χ0n) is 18.6. The zero-order chi connectivity index (χ0) is 25.3. The maximum atomic E-state index is 13.8. The summed E-state index contributed by atoms with van der Waals surface area (Å²) in [6, 6.07) is 4.16. The highest BCUT2D eigenvalue weighted by Crippen LogP contribution is 2.37. The molecule has 3 aromatic rings. The number of pyridine rings is 1. The Hall–Kier alpha value is -3.03. The van der Waals surface area contributed by atoms with Crippen LogP contribution in [0.3, 0.4) is 0 Å². The van der Waals surface area contributed by atoms with Crippen molar-refractivity contribution in [3.63, 3.8) is 0 Å². The molecule has 2 aromatic heterocycles. The highest BCUT2D eigenvalue weighted by atomic mass is 32.1. The van der Waals surface area contributed by atoms with E-state index >= 15 is 0 Å². The molecule has 1 aromatic carbocycles. The highest BCUT2D eigenvalue weighted by Gasteiger charge is 2.38. The van der Waals surface area contributed by atoms with Crippen molar-refractivity contribution in [2.45, 2.75) is 31.7 Å². The van der Waals surface area contributed by atoms with Gasteiger partial charge in [-0.1, -0.05) is 11.3 Å². The quantitative estimate of drug-likeness (QED) is 0.452. The van der Waals surface area contributed by atoms with Gasteiger partial charge in [-0.2, -0.15) is 13.2 Å². The first-order valence-electron chi connectivity index (χ1n) is 10.8. The van der Waals surface area contributed by atoms with Crippen LogP contribution in [0.5, 0.6) is 0 Å². The lowest BCUT2D eigenvalue weighted by atomic mass is 10.1. The van der Waals surface area contributed by atoms with E-state index in [0.29, 0.717) is 15.3 Å². The van der Waals surface area contributed by atoms with Crippen molar-refractivity contribution in [3.8, 4) is 0 Å². The first-order valence-corrected chi connectivity index (χ1v) is 11.6. The Kier molecular flexibility index (Phi) is 7.10. The van der Waals surface area contributed by atoms with Gasteiger partial charge in [0.1, 0.15) is 11.6 Å². The van der Waals surface area contributed by atoms with Crippen LogP contribution in [-0.2, 0) is 12.6 Å². The summed E-state index contributed by atoms with van der Waals surface area (Å²) in [5.74, 6) is -0.659. The fourth-order valence-electron chi connectivity index (χ4n) is 3.98. The third kappa shape index (κ3) is 5.63. The van der Waals surface area contributed by atoms with Gasteiger partial charge in [0.05, 0.1) is 28.5 Å². The summed E-state index contributed by atoms with van der Waals surface area (Å²) in [7, 11) is 0. The van der Waals surface area contributed by atoms with E-state index in [1.54, 1.807) is 6.92 Å². The number of nitrogens with zero attached hydrogens (tertiary/aromatic N) is 4. The molecule has 0 spiro atoms. The van der Waals surface area contributed by atoms with Crippen molar-refractivity contribution < 1.29 is 32.6 Å². The maximum absolute atomic E-state index is 13.8. The van der Waals surface area contributed by atoms with Gasteiger partial charge >= 0.3 is 12.2 Å². The number of carbonyl (C=O) groups excluding carboxylic acids is 1. The lowest BCUT2D eigenvalue weighted by molar-refractivity contribution is -0.137. The molecule has 3 N–H and O–H groups in total. The number of hydrogen-bond donors (Lipinski definition) is 3. The van der Waals surface area contributed by atoms with Crippen LogP contribution in [0, 0.1) is 5.82 Å². The summed E-state index contributed by atoms with van der Waals surface area (Å²) >= 11 is 1.13. The molecule has 3 heterocycles. The third-order valence-corrected chi connectivity index (χ3v) is 6.60. The van der Waals surface area contributed by atoms with Crippen LogP contribution in [-0.4, -0.2) is 69.5 Å². The number of anilines is 2. The molecule has 2 atom stereocenters. The summed E-state index contributed by atoms with van der Waals surface area (Å²) in [6.07, 6.45) is -4.76. The SMILES string of the molecule is CC1CN(c2ncc(CC(O)CO)cc2C(F)(F)F)CCN1C(=O)Nc1nc2ccc(F)cc2s1. The van der Waals surface area contributed by atoms with E-state index in [9.17, 15) is 27.5 Å². The Balaban J connectivity index is 1.47. The molecule has 0 radical (unpaired) electrons. The van der Waals surface area contributed by atoms with E-state index in [-0.39, 0.29) is 37.4 Å². The number of aliphatic hydroxyl groups excluding tert-OH is 2. The second kappa shape index (κ2) is 9.91. The van der Waals surface area contributed by atoms with Crippen LogP contribution >= 0.6 is 11.3 Å². The summed E-state index contributed by atoms with van der Waals surface area (Å²) in [6.45, 7) is 1.54. The van der Waals surface area contributed by atoms with E-state index in [4.69, 9.17) is 5.11 Å². The van der Waals surface area contributed by atoms with Gasteiger partial charge in [-0.15, -0.1) is 0 Å². The Labute approximate surface area is 201 Å². The molecule has 2 amide bonds. The molecule has 1 saturated heterocycles. The van der Waals surface area contributed by atoms with E-state index in [1.165, 1.54) is 34.2 Å². The minimum Gasteiger partial charge on any atom is -0.394 e. The molecule has 0 bridgehead atoms. The van der Waals surface area contributed by atoms with Crippen molar-refractivity contribution >= 4 is 38.5 Å². The number of fused-ring (bicyclic) bond motifs is 1. The third-order valence-electron chi connectivity index (χ3n) is 5.66. The molecule has 4 rings (SSSR count). The number of alkyl halides is 3. The van der Waals surface area contributed by atoms with Gasteiger partial charge in [-0.05, 0) is 36.8 Å². The lowest BCUT2D eigenvalue weighted by Gasteiger charge is -2.40. The van der Waals surface area contributed by atoms with Crippen molar-refractivity contribution in [1.82, 2.24) is 14.9 Å². The number of aliphatic hydroxyl groups is 2. The normalized spacial score (nSPS) is 17.6. The largest absolute Gasteiger partial charge is 0.419 e. The fourth-order valence-corrected chi connectivity index (χ4v) is 4.86. The van der Waals surface area contributed by atoms with Crippen LogP contribution < -0.4 is 10.2 Å². The molecule has 0 aliphatic carbocycles. The molecule has 1 aliphatic rings. The van der Waals surface area contributed by atoms with Gasteiger partial charge in [0.2, 0.25) is 0 Å². The lowest BCUT2D eigenvalue weighted by Crippen LogP contribution is -2.55. The fraction of sp³-hybridized carbons (Fsp3) is 0.409. The van der Waals surface area contributed by atoms with Gasteiger partial charge in [-0.25, -0.2) is 19.2 Å². The second-order valence-electron chi connectivity index (χ2n) is 8.30. The number of amides is 2. The standard InChI is InChI=1S/C22H23F4N5O3S/c1-12-10-30(19-16(22(24,25)26)7-13(9-27-19)6-15(33)11-32)4-5-31(12)21(34)29-20-28-17-3-2-14(23)8-18(17)35-20/h2-3,7-9,12,15,32-33H,4-6,10-11H2,1H3,(H,28,29,34). The molecule has 2 unspecified atom stereocenters. The number of carbonyl (C=O) groups is 1. The number of hydrogen-bond acceptors (Lipinski definition) is 7. The Morgan fingerprint density at radius 3 is 2.77 bits per heavy atom. The van der Waals surface area contributed by atoms with Crippen molar-refractivity contribution in [2.24, 2.45) is 0 Å². The van der Waals surface area contributed by atoms with Crippen molar-refractivity contribution in [3.05, 3.63) is 47.4 Å². The molecular formula is C22H23F4N5O3S. The van der Waals surface area contributed by atoms with Gasteiger partial charge in [0, 0.05) is 38.3 Å². The summed E-state index contributed by atoms with van der Waals surface area (Å²) in [5, 5.41) is 21.5. The minimum absolute atomic E-state index is 0.118. The second-order valence-corrected chi connectivity index (χ2v) is 9.33. The smallest absolute Gasteiger partial charge is 0.394 e. The van der Waals surface area contributed by atoms with Gasteiger partial charge in [0.25, 0.3) is 0 Å². The molecule has 8 nitrogen and oxygen atoms in total. The first kappa shape index (κ1) is 25.1. The number of piperazine rings is 1. The monoisotopic (exact) mass is 513 g/mol. The number of benzene rings is 1. The topological polar surface area (TPSA) is 102 Å².